The lowest BCUT2D eigenvalue weighted by Gasteiger charge is -2.20. The van der Waals surface area contributed by atoms with Crippen LogP contribution in [-0.4, -0.2) is 48.5 Å². The number of nitrogens with zero attached hydrogens (tertiary/aromatic N) is 4. The standard InChI is InChI=1S/C19H16BrN5O4/c1-29-14-4-2-3-12(9-14)21-15(26)10-24-17-16(22-23-24)18(27)25(19(17)28)13-7-5-11(20)6-8-13/h2-9,16-17H,10H2,1H3,(H,21,26)/t16-,17-/m0/s1. The normalized spacial score (nSPS) is 20.2. The highest BCUT2D eigenvalue weighted by Gasteiger charge is 2.55. The molecule has 0 spiro atoms. The molecule has 3 amide bonds. The maximum absolute atomic E-state index is 12.9. The van der Waals surface area contributed by atoms with E-state index in [0.717, 1.165) is 9.37 Å². The minimum Gasteiger partial charge on any atom is -0.497 e. The van der Waals surface area contributed by atoms with Crippen LogP contribution in [0.4, 0.5) is 11.4 Å². The van der Waals surface area contributed by atoms with Gasteiger partial charge in [0.1, 0.15) is 12.3 Å². The van der Waals surface area contributed by atoms with Crippen molar-refractivity contribution in [1.29, 1.82) is 0 Å². The molecule has 2 aromatic carbocycles. The van der Waals surface area contributed by atoms with E-state index in [1.807, 2.05) is 0 Å². The van der Waals surface area contributed by atoms with Crippen molar-refractivity contribution in [3.05, 3.63) is 53.0 Å². The van der Waals surface area contributed by atoms with Crippen LogP contribution in [0.1, 0.15) is 0 Å². The topological polar surface area (TPSA) is 104 Å². The quantitative estimate of drug-likeness (QED) is 0.694. The van der Waals surface area contributed by atoms with Gasteiger partial charge < -0.3 is 10.1 Å². The average molecular weight is 458 g/mol. The molecule has 1 N–H and O–H groups in total. The van der Waals surface area contributed by atoms with Gasteiger partial charge in [0.05, 0.1) is 12.8 Å². The van der Waals surface area contributed by atoms with Crippen LogP contribution in [0.3, 0.4) is 0 Å². The van der Waals surface area contributed by atoms with E-state index in [1.165, 1.54) is 12.1 Å². The fraction of sp³-hybridized carbons (Fsp3) is 0.211. The van der Waals surface area contributed by atoms with Crippen LogP contribution in [0, 0.1) is 0 Å². The summed E-state index contributed by atoms with van der Waals surface area (Å²) in [5.41, 5.74) is 1.00. The second kappa shape index (κ2) is 7.63. The summed E-state index contributed by atoms with van der Waals surface area (Å²) in [7, 11) is 1.53. The maximum Gasteiger partial charge on any atom is 0.263 e. The van der Waals surface area contributed by atoms with Gasteiger partial charge in [0.2, 0.25) is 5.91 Å². The third-order valence-corrected chi connectivity index (χ3v) is 5.13. The zero-order chi connectivity index (χ0) is 20.5. The summed E-state index contributed by atoms with van der Waals surface area (Å²) >= 11 is 3.32. The number of hydrogen-bond acceptors (Lipinski definition) is 7. The SMILES string of the molecule is COc1cccc(NC(=O)CN2N=N[C@@H]3C(=O)N(c4ccc(Br)cc4)C(=O)[C@H]32)c1. The number of halogens is 1. The van der Waals surface area contributed by atoms with Crippen LogP contribution in [0.5, 0.6) is 5.75 Å². The number of imide groups is 1. The van der Waals surface area contributed by atoms with Gasteiger partial charge in [-0.3, -0.25) is 19.4 Å². The molecule has 4 rings (SSSR count). The van der Waals surface area contributed by atoms with E-state index >= 15 is 0 Å². The van der Waals surface area contributed by atoms with Gasteiger partial charge in [0, 0.05) is 16.2 Å². The number of amides is 3. The highest BCUT2D eigenvalue weighted by Crippen LogP contribution is 2.32. The molecule has 2 aliphatic rings. The van der Waals surface area contributed by atoms with Crippen molar-refractivity contribution in [1.82, 2.24) is 5.01 Å². The molecule has 1 saturated heterocycles. The van der Waals surface area contributed by atoms with Crippen LogP contribution in [0.25, 0.3) is 0 Å². The number of carbonyl (C=O) groups is 3. The zero-order valence-electron chi connectivity index (χ0n) is 15.3. The van der Waals surface area contributed by atoms with Crippen LogP contribution in [0.2, 0.25) is 0 Å². The molecule has 148 valence electrons. The molecule has 2 atom stereocenters. The molecular weight excluding hydrogens is 442 g/mol. The van der Waals surface area contributed by atoms with Gasteiger partial charge in [-0.1, -0.05) is 27.2 Å². The Balaban J connectivity index is 1.47. The number of nitrogens with one attached hydrogen (secondary N) is 1. The van der Waals surface area contributed by atoms with Crippen molar-refractivity contribution in [2.75, 3.05) is 23.9 Å². The molecule has 0 bridgehead atoms. The van der Waals surface area contributed by atoms with Crippen molar-refractivity contribution in [3.63, 3.8) is 0 Å². The number of carbonyl (C=O) groups excluding carboxylic acids is 3. The third kappa shape index (κ3) is 3.58. The Morgan fingerprint density at radius 2 is 1.93 bits per heavy atom. The summed E-state index contributed by atoms with van der Waals surface area (Å²) in [4.78, 5) is 39.1. The summed E-state index contributed by atoms with van der Waals surface area (Å²) in [6.07, 6.45) is 0. The predicted octanol–water partition coefficient (Wildman–Crippen LogP) is 2.39. The van der Waals surface area contributed by atoms with Gasteiger partial charge in [0.25, 0.3) is 11.8 Å². The molecule has 9 nitrogen and oxygen atoms in total. The van der Waals surface area contributed by atoms with Gasteiger partial charge in [-0.05, 0) is 36.4 Å². The predicted molar refractivity (Wildman–Crippen MR) is 107 cm³/mol. The summed E-state index contributed by atoms with van der Waals surface area (Å²) in [6, 6.07) is 11.8. The lowest BCUT2D eigenvalue weighted by Crippen LogP contribution is -2.43. The van der Waals surface area contributed by atoms with Crippen LogP contribution in [-0.2, 0) is 14.4 Å². The number of benzene rings is 2. The number of fused-ring (bicyclic) bond motifs is 1. The Morgan fingerprint density at radius 1 is 1.17 bits per heavy atom. The van der Waals surface area contributed by atoms with E-state index in [-0.39, 0.29) is 12.5 Å². The van der Waals surface area contributed by atoms with Gasteiger partial charge in [0.15, 0.2) is 12.1 Å². The van der Waals surface area contributed by atoms with Crippen molar-refractivity contribution in [3.8, 4) is 5.75 Å². The summed E-state index contributed by atoms with van der Waals surface area (Å²) in [5, 5.41) is 11.8. The first-order valence-electron chi connectivity index (χ1n) is 8.72. The number of methoxy groups -OCH3 is 1. The highest BCUT2D eigenvalue weighted by atomic mass is 79.9. The van der Waals surface area contributed by atoms with E-state index in [1.54, 1.807) is 48.5 Å². The van der Waals surface area contributed by atoms with Crippen molar-refractivity contribution < 1.29 is 19.1 Å². The first-order valence-corrected chi connectivity index (χ1v) is 9.52. The van der Waals surface area contributed by atoms with E-state index in [4.69, 9.17) is 4.74 Å². The van der Waals surface area contributed by atoms with Crippen molar-refractivity contribution >= 4 is 45.0 Å². The Kier molecular flexibility index (Phi) is 5.01. The van der Waals surface area contributed by atoms with Crippen LogP contribution >= 0.6 is 15.9 Å². The lowest BCUT2D eigenvalue weighted by atomic mass is 10.1. The van der Waals surface area contributed by atoms with E-state index in [9.17, 15) is 14.4 Å². The average Bonchev–Trinajstić information content (AvgIpc) is 3.23. The second-order valence-corrected chi connectivity index (χ2v) is 7.38. The van der Waals surface area contributed by atoms with E-state index in [0.29, 0.717) is 17.1 Å². The summed E-state index contributed by atoms with van der Waals surface area (Å²) in [6.45, 7) is -0.213. The number of rotatable bonds is 5. The molecule has 10 heteroatoms. The van der Waals surface area contributed by atoms with Gasteiger partial charge in [-0.15, -0.1) is 0 Å². The van der Waals surface area contributed by atoms with E-state index in [2.05, 4.69) is 31.6 Å². The Bertz CT molecular complexity index is 1010. The second-order valence-electron chi connectivity index (χ2n) is 6.46. The Labute approximate surface area is 174 Å². The largest absolute Gasteiger partial charge is 0.497 e. The first-order chi connectivity index (χ1) is 14.0. The molecule has 1 fully saturated rings. The first kappa shape index (κ1) is 19.1. The molecule has 2 aliphatic heterocycles. The molecule has 0 aliphatic carbocycles. The lowest BCUT2D eigenvalue weighted by molar-refractivity contribution is -0.123. The summed E-state index contributed by atoms with van der Waals surface area (Å²) in [5.74, 6) is -0.700. The molecule has 0 aromatic heterocycles. The molecule has 29 heavy (non-hydrogen) atoms. The molecule has 2 aromatic rings. The summed E-state index contributed by atoms with van der Waals surface area (Å²) < 4.78 is 5.96. The maximum atomic E-state index is 12.9. The number of anilines is 2. The third-order valence-electron chi connectivity index (χ3n) is 4.60. The monoisotopic (exact) mass is 457 g/mol. The Hall–Kier alpha value is -3.27. The molecular formula is C19H16BrN5O4. The molecule has 0 saturated carbocycles. The fourth-order valence-electron chi connectivity index (χ4n) is 3.25. The van der Waals surface area contributed by atoms with E-state index < -0.39 is 23.9 Å². The van der Waals surface area contributed by atoms with Gasteiger partial charge in [-0.2, -0.15) is 5.11 Å². The fourth-order valence-corrected chi connectivity index (χ4v) is 3.51. The zero-order valence-corrected chi connectivity index (χ0v) is 16.9. The minimum absolute atomic E-state index is 0.213. The number of ether oxygens (including phenoxy) is 1. The number of hydrogen-bond donors (Lipinski definition) is 1. The van der Waals surface area contributed by atoms with Crippen molar-refractivity contribution in [2.45, 2.75) is 12.1 Å². The van der Waals surface area contributed by atoms with Gasteiger partial charge in [-0.25, -0.2) is 4.90 Å². The molecule has 0 radical (unpaired) electrons. The van der Waals surface area contributed by atoms with Gasteiger partial charge >= 0.3 is 0 Å². The highest BCUT2D eigenvalue weighted by molar-refractivity contribution is 9.10. The minimum atomic E-state index is -0.948. The molecule has 2 heterocycles. The molecule has 0 unspecified atom stereocenters. The smallest absolute Gasteiger partial charge is 0.263 e. The van der Waals surface area contributed by atoms with Crippen LogP contribution < -0.4 is 15.0 Å². The van der Waals surface area contributed by atoms with Crippen LogP contribution in [0.15, 0.2) is 63.3 Å². The van der Waals surface area contributed by atoms with Crippen molar-refractivity contribution in [2.24, 2.45) is 10.3 Å². The Morgan fingerprint density at radius 3 is 2.66 bits per heavy atom.